The molecule has 1 unspecified atom stereocenters. The van der Waals surface area contributed by atoms with E-state index in [1.807, 2.05) is 12.1 Å². The zero-order valence-electron chi connectivity index (χ0n) is 11.8. The number of rotatable bonds is 2. The predicted octanol–water partition coefficient (Wildman–Crippen LogP) is 1.76. The molecule has 19 heavy (non-hydrogen) atoms. The number of ether oxygens (including phenoxy) is 1. The molecule has 0 spiro atoms. The van der Waals surface area contributed by atoms with Crippen LogP contribution in [0.1, 0.15) is 11.7 Å². The second-order valence-electron chi connectivity index (χ2n) is 5.29. The number of aryl methyl sites for hydroxylation is 1. The van der Waals surface area contributed by atoms with Crippen LogP contribution in [0.2, 0.25) is 0 Å². The number of aromatic nitrogens is 1. The largest absolute Gasteiger partial charge is 0.496 e. The van der Waals surface area contributed by atoms with E-state index in [1.54, 1.807) is 7.11 Å². The Balaban J connectivity index is 2.06. The highest BCUT2D eigenvalue weighted by atomic mass is 16.5. The van der Waals surface area contributed by atoms with Crippen LogP contribution >= 0.6 is 0 Å². The van der Waals surface area contributed by atoms with Crippen LogP contribution in [0.3, 0.4) is 0 Å². The number of likely N-dealkylation sites (N-methyl/N-ethyl adjacent to an activating group) is 1. The van der Waals surface area contributed by atoms with Crippen LogP contribution in [0.4, 0.5) is 0 Å². The van der Waals surface area contributed by atoms with E-state index in [0.29, 0.717) is 6.04 Å². The quantitative estimate of drug-likeness (QED) is 0.891. The summed E-state index contributed by atoms with van der Waals surface area (Å²) in [6.45, 7) is 3.20. The van der Waals surface area contributed by atoms with Crippen molar-refractivity contribution in [1.29, 1.82) is 0 Å². The topological polar surface area (TPSA) is 29.4 Å². The average Bonchev–Trinajstić information content (AvgIpc) is 2.76. The molecule has 1 atom stereocenters. The minimum Gasteiger partial charge on any atom is -0.496 e. The summed E-state index contributed by atoms with van der Waals surface area (Å²) in [5, 5.41) is 4.79. The van der Waals surface area contributed by atoms with Gasteiger partial charge in [-0.15, -0.1) is 0 Å². The summed E-state index contributed by atoms with van der Waals surface area (Å²) in [6, 6.07) is 8.86. The van der Waals surface area contributed by atoms with Crippen LogP contribution in [0.15, 0.2) is 24.3 Å². The first-order valence-corrected chi connectivity index (χ1v) is 6.75. The van der Waals surface area contributed by atoms with Crippen molar-refractivity contribution in [2.45, 2.75) is 6.04 Å². The van der Waals surface area contributed by atoms with E-state index in [2.05, 4.69) is 41.0 Å². The van der Waals surface area contributed by atoms with Crippen LogP contribution in [0.25, 0.3) is 10.9 Å². The summed E-state index contributed by atoms with van der Waals surface area (Å²) < 4.78 is 7.73. The molecule has 3 rings (SSSR count). The van der Waals surface area contributed by atoms with Gasteiger partial charge in [-0.2, -0.15) is 0 Å². The van der Waals surface area contributed by atoms with Gasteiger partial charge in [-0.1, -0.05) is 6.07 Å². The van der Waals surface area contributed by atoms with Gasteiger partial charge in [0.15, 0.2) is 0 Å². The van der Waals surface area contributed by atoms with E-state index in [0.717, 1.165) is 25.4 Å². The number of nitrogens with zero attached hydrogens (tertiary/aromatic N) is 2. The van der Waals surface area contributed by atoms with Gasteiger partial charge in [0, 0.05) is 37.8 Å². The van der Waals surface area contributed by atoms with Gasteiger partial charge in [0.2, 0.25) is 0 Å². The lowest BCUT2D eigenvalue weighted by atomic mass is 10.1. The van der Waals surface area contributed by atoms with Gasteiger partial charge in [-0.25, -0.2) is 0 Å². The Labute approximate surface area is 114 Å². The van der Waals surface area contributed by atoms with Crippen molar-refractivity contribution < 1.29 is 4.74 Å². The fraction of sp³-hybridized carbons (Fsp3) is 0.467. The van der Waals surface area contributed by atoms with Crippen LogP contribution in [0, 0.1) is 0 Å². The number of fused-ring (bicyclic) bond motifs is 1. The van der Waals surface area contributed by atoms with Gasteiger partial charge in [-0.3, -0.25) is 0 Å². The molecule has 0 amide bonds. The monoisotopic (exact) mass is 259 g/mol. The molecule has 1 aliphatic rings. The van der Waals surface area contributed by atoms with E-state index in [-0.39, 0.29) is 0 Å². The Morgan fingerprint density at radius 3 is 2.89 bits per heavy atom. The van der Waals surface area contributed by atoms with E-state index >= 15 is 0 Å². The van der Waals surface area contributed by atoms with Gasteiger partial charge in [-0.05, 0) is 25.2 Å². The fourth-order valence-electron chi connectivity index (χ4n) is 2.96. The maximum Gasteiger partial charge on any atom is 0.128 e. The standard InChI is InChI=1S/C15H21N3O/c1-17-8-7-16-12(10-17)14-9-11-13(18(14)2)5-4-6-15(11)19-3/h4-6,9,12,16H,7-8,10H2,1-3H3. The van der Waals surface area contributed by atoms with Crippen molar-refractivity contribution in [2.24, 2.45) is 7.05 Å². The SMILES string of the molecule is COc1cccc2c1cc(C1CN(C)CCN1)n2C. The van der Waals surface area contributed by atoms with Crippen molar-refractivity contribution in [2.75, 3.05) is 33.8 Å². The van der Waals surface area contributed by atoms with E-state index in [4.69, 9.17) is 4.74 Å². The molecule has 4 nitrogen and oxygen atoms in total. The predicted molar refractivity (Wildman–Crippen MR) is 77.7 cm³/mol. The number of benzene rings is 1. The molecule has 1 aliphatic heterocycles. The Hall–Kier alpha value is -1.52. The molecule has 1 N–H and O–H groups in total. The lowest BCUT2D eigenvalue weighted by molar-refractivity contribution is 0.236. The summed E-state index contributed by atoms with van der Waals surface area (Å²) in [5.74, 6) is 0.948. The molecule has 1 fully saturated rings. The molecule has 0 radical (unpaired) electrons. The summed E-state index contributed by atoms with van der Waals surface area (Å²) in [6.07, 6.45) is 0. The fourth-order valence-corrected chi connectivity index (χ4v) is 2.96. The van der Waals surface area contributed by atoms with Gasteiger partial charge < -0.3 is 19.5 Å². The highest BCUT2D eigenvalue weighted by molar-refractivity contribution is 5.87. The number of methoxy groups -OCH3 is 1. The molecule has 0 bridgehead atoms. The number of hydrogen-bond acceptors (Lipinski definition) is 3. The first-order chi connectivity index (χ1) is 9.20. The van der Waals surface area contributed by atoms with Gasteiger partial charge in [0.1, 0.15) is 5.75 Å². The zero-order valence-corrected chi connectivity index (χ0v) is 11.8. The van der Waals surface area contributed by atoms with Crippen LogP contribution in [-0.2, 0) is 7.05 Å². The Morgan fingerprint density at radius 1 is 1.32 bits per heavy atom. The third-order valence-corrected chi connectivity index (χ3v) is 4.04. The molecule has 2 heterocycles. The van der Waals surface area contributed by atoms with Crippen molar-refractivity contribution in [1.82, 2.24) is 14.8 Å². The lowest BCUT2D eigenvalue weighted by Gasteiger charge is -2.31. The molecular weight excluding hydrogens is 238 g/mol. The van der Waals surface area contributed by atoms with Crippen molar-refractivity contribution >= 4 is 10.9 Å². The summed E-state index contributed by atoms with van der Waals surface area (Å²) >= 11 is 0. The first kappa shape index (κ1) is 12.5. The normalized spacial score (nSPS) is 20.9. The minimum absolute atomic E-state index is 0.390. The highest BCUT2D eigenvalue weighted by Gasteiger charge is 2.22. The maximum absolute atomic E-state index is 5.46. The molecule has 1 aromatic heterocycles. The summed E-state index contributed by atoms with van der Waals surface area (Å²) in [7, 11) is 6.04. The Morgan fingerprint density at radius 2 is 2.16 bits per heavy atom. The Kier molecular flexibility index (Phi) is 3.21. The summed E-state index contributed by atoms with van der Waals surface area (Å²) in [4.78, 5) is 2.37. The number of hydrogen-bond donors (Lipinski definition) is 1. The lowest BCUT2D eigenvalue weighted by Crippen LogP contribution is -2.44. The molecule has 2 aromatic rings. The summed E-state index contributed by atoms with van der Waals surface area (Å²) in [5.41, 5.74) is 2.55. The van der Waals surface area contributed by atoms with Crippen LogP contribution in [0.5, 0.6) is 5.75 Å². The van der Waals surface area contributed by atoms with Gasteiger partial charge in [0.25, 0.3) is 0 Å². The minimum atomic E-state index is 0.390. The van der Waals surface area contributed by atoms with Crippen molar-refractivity contribution in [3.8, 4) is 5.75 Å². The molecule has 102 valence electrons. The maximum atomic E-state index is 5.46. The number of nitrogens with one attached hydrogen (secondary N) is 1. The van der Waals surface area contributed by atoms with E-state index in [1.165, 1.54) is 16.6 Å². The van der Waals surface area contributed by atoms with Gasteiger partial charge in [0.05, 0.1) is 18.7 Å². The molecular formula is C15H21N3O. The smallest absolute Gasteiger partial charge is 0.128 e. The molecule has 0 saturated carbocycles. The second-order valence-corrected chi connectivity index (χ2v) is 5.29. The number of piperazine rings is 1. The molecule has 0 aliphatic carbocycles. The van der Waals surface area contributed by atoms with Crippen molar-refractivity contribution in [3.63, 3.8) is 0 Å². The average molecular weight is 259 g/mol. The van der Waals surface area contributed by atoms with E-state index in [9.17, 15) is 0 Å². The third kappa shape index (κ3) is 2.11. The molecule has 4 heteroatoms. The molecule has 1 saturated heterocycles. The first-order valence-electron chi connectivity index (χ1n) is 6.75. The Bertz CT molecular complexity index is 590. The highest BCUT2D eigenvalue weighted by Crippen LogP contribution is 2.31. The van der Waals surface area contributed by atoms with E-state index < -0.39 is 0 Å². The molecule has 1 aromatic carbocycles. The van der Waals surface area contributed by atoms with Crippen LogP contribution in [-0.4, -0.2) is 43.3 Å². The second kappa shape index (κ2) is 4.87. The van der Waals surface area contributed by atoms with Crippen molar-refractivity contribution in [3.05, 3.63) is 30.0 Å². The third-order valence-electron chi connectivity index (χ3n) is 4.04. The van der Waals surface area contributed by atoms with Gasteiger partial charge >= 0.3 is 0 Å². The zero-order chi connectivity index (χ0) is 13.4. The van der Waals surface area contributed by atoms with Crippen LogP contribution < -0.4 is 10.1 Å².